The van der Waals surface area contributed by atoms with Gasteiger partial charge in [0, 0.05) is 26.6 Å². The second-order valence-corrected chi connectivity index (χ2v) is 6.83. The topological polar surface area (TPSA) is 58.6 Å². The molecule has 0 spiro atoms. The maximum Gasteiger partial charge on any atom is 0.247 e. The Morgan fingerprint density at radius 1 is 1.11 bits per heavy atom. The van der Waals surface area contributed by atoms with Crippen molar-refractivity contribution in [2.75, 3.05) is 13.2 Å². The first-order chi connectivity index (χ1) is 13.1. The molecule has 5 nitrogen and oxygen atoms in total. The molecule has 3 rings (SSSR count). The minimum atomic E-state index is -0.676. The molecule has 0 radical (unpaired) electrons. The largest absolute Gasteiger partial charge is 0.376 e. The van der Waals surface area contributed by atoms with Gasteiger partial charge >= 0.3 is 0 Å². The van der Waals surface area contributed by atoms with Gasteiger partial charge in [0.2, 0.25) is 11.8 Å². The molecule has 0 saturated carbocycles. The highest BCUT2D eigenvalue weighted by atomic mass is 16.5. The summed E-state index contributed by atoms with van der Waals surface area (Å²) in [5, 5.41) is 2.99. The minimum absolute atomic E-state index is 0.0604. The number of nitrogens with zero attached hydrogens (tertiary/aromatic N) is 1. The van der Waals surface area contributed by atoms with E-state index in [0.717, 1.165) is 30.6 Å². The Kier molecular flexibility index (Phi) is 6.60. The third-order valence-corrected chi connectivity index (χ3v) is 4.80. The summed E-state index contributed by atoms with van der Waals surface area (Å²) in [6.07, 6.45) is 2.04. The van der Waals surface area contributed by atoms with E-state index in [-0.39, 0.29) is 17.9 Å². The van der Waals surface area contributed by atoms with Crippen molar-refractivity contribution in [3.8, 4) is 0 Å². The molecule has 2 aromatic rings. The van der Waals surface area contributed by atoms with E-state index in [0.29, 0.717) is 13.1 Å². The Labute approximate surface area is 160 Å². The first-order valence-electron chi connectivity index (χ1n) is 9.40. The molecular formula is C22H26N2O3. The first-order valence-corrected chi connectivity index (χ1v) is 9.40. The summed E-state index contributed by atoms with van der Waals surface area (Å²) in [4.78, 5) is 27.1. The van der Waals surface area contributed by atoms with Crippen LogP contribution in [0.15, 0.2) is 60.7 Å². The summed E-state index contributed by atoms with van der Waals surface area (Å²) in [5.41, 5.74) is 1.79. The van der Waals surface area contributed by atoms with E-state index in [9.17, 15) is 9.59 Å². The van der Waals surface area contributed by atoms with Crippen LogP contribution in [-0.4, -0.2) is 36.0 Å². The van der Waals surface area contributed by atoms with E-state index < -0.39 is 6.04 Å². The summed E-state index contributed by atoms with van der Waals surface area (Å²) in [6, 6.07) is 18.5. The average Bonchev–Trinajstić information content (AvgIpc) is 3.21. The molecule has 0 aliphatic carbocycles. The fraction of sp³-hybridized carbons (Fsp3) is 0.364. The van der Waals surface area contributed by atoms with Crippen molar-refractivity contribution in [1.29, 1.82) is 0 Å². The Bertz CT molecular complexity index is 743. The van der Waals surface area contributed by atoms with Crippen LogP contribution in [0.1, 0.15) is 36.9 Å². The molecule has 2 amide bonds. The first kappa shape index (κ1) is 19.1. The van der Waals surface area contributed by atoms with Gasteiger partial charge in [0.05, 0.1) is 6.10 Å². The number of ether oxygens (including phenoxy) is 1. The summed E-state index contributed by atoms with van der Waals surface area (Å²) in [6.45, 7) is 3.10. The van der Waals surface area contributed by atoms with Crippen LogP contribution in [0.25, 0.3) is 0 Å². The van der Waals surface area contributed by atoms with Crippen LogP contribution in [0.2, 0.25) is 0 Å². The van der Waals surface area contributed by atoms with Gasteiger partial charge in [0.15, 0.2) is 0 Å². The minimum Gasteiger partial charge on any atom is -0.376 e. The lowest BCUT2D eigenvalue weighted by atomic mass is 10.0. The molecule has 27 heavy (non-hydrogen) atoms. The number of carbonyl (C=O) groups excluding carboxylic acids is 2. The summed E-state index contributed by atoms with van der Waals surface area (Å²) < 4.78 is 5.60. The zero-order valence-electron chi connectivity index (χ0n) is 15.6. The van der Waals surface area contributed by atoms with Gasteiger partial charge in [-0.05, 0) is 24.0 Å². The molecule has 0 aromatic heterocycles. The molecule has 1 saturated heterocycles. The predicted octanol–water partition coefficient (Wildman–Crippen LogP) is 3.07. The molecule has 0 unspecified atom stereocenters. The Balaban J connectivity index is 1.82. The van der Waals surface area contributed by atoms with Crippen molar-refractivity contribution in [1.82, 2.24) is 10.2 Å². The number of hydrogen-bond donors (Lipinski definition) is 1. The number of carbonyl (C=O) groups is 2. The van der Waals surface area contributed by atoms with Crippen molar-refractivity contribution in [3.63, 3.8) is 0 Å². The van der Waals surface area contributed by atoms with Gasteiger partial charge in [-0.25, -0.2) is 0 Å². The molecule has 1 N–H and O–H groups in total. The van der Waals surface area contributed by atoms with E-state index in [2.05, 4.69) is 5.32 Å². The molecule has 2 atom stereocenters. The summed E-state index contributed by atoms with van der Waals surface area (Å²) in [7, 11) is 0. The maximum absolute atomic E-state index is 13.1. The molecule has 1 heterocycles. The Morgan fingerprint density at radius 2 is 1.78 bits per heavy atom. The molecular weight excluding hydrogens is 340 g/mol. The van der Waals surface area contributed by atoms with Gasteiger partial charge in [-0.3, -0.25) is 9.59 Å². The van der Waals surface area contributed by atoms with Crippen LogP contribution in [0, 0.1) is 0 Å². The van der Waals surface area contributed by atoms with Crippen LogP contribution >= 0.6 is 0 Å². The van der Waals surface area contributed by atoms with Gasteiger partial charge in [-0.15, -0.1) is 0 Å². The number of benzene rings is 2. The lowest BCUT2D eigenvalue weighted by Crippen LogP contribution is -2.44. The standard InChI is InChI=1S/C22H26N2O3/c1-17(25)24(16-18-9-4-2-5-10-18)21(19-11-6-3-7-12-19)22(26)23-15-20-13-8-14-27-20/h2-7,9-12,20-21H,8,13-16H2,1H3,(H,23,26)/t20-,21-/m1/s1. The van der Waals surface area contributed by atoms with Gasteiger partial charge in [0.25, 0.3) is 0 Å². The van der Waals surface area contributed by atoms with Crippen LogP contribution in [0.3, 0.4) is 0 Å². The molecule has 142 valence electrons. The monoisotopic (exact) mass is 366 g/mol. The fourth-order valence-corrected chi connectivity index (χ4v) is 3.39. The summed E-state index contributed by atoms with van der Waals surface area (Å²) >= 11 is 0. The highest BCUT2D eigenvalue weighted by Crippen LogP contribution is 2.24. The van der Waals surface area contributed by atoms with E-state index in [1.54, 1.807) is 4.90 Å². The second kappa shape index (κ2) is 9.33. The van der Waals surface area contributed by atoms with Crippen LogP contribution in [0.4, 0.5) is 0 Å². The van der Waals surface area contributed by atoms with E-state index in [4.69, 9.17) is 4.74 Å². The quantitative estimate of drug-likeness (QED) is 0.819. The lowest BCUT2D eigenvalue weighted by Gasteiger charge is -2.31. The molecule has 1 aliphatic rings. The number of rotatable bonds is 7. The zero-order valence-corrected chi connectivity index (χ0v) is 15.6. The van der Waals surface area contributed by atoms with Crippen molar-refractivity contribution < 1.29 is 14.3 Å². The molecule has 1 fully saturated rings. The third kappa shape index (κ3) is 5.17. The van der Waals surface area contributed by atoms with Crippen molar-refractivity contribution in [2.24, 2.45) is 0 Å². The van der Waals surface area contributed by atoms with Gasteiger partial charge in [0.1, 0.15) is 6.04 Å². The smallest absolute Gasteiger partial charge is 0.247 e. The SMILES string of the molecule is CC(=O)N(Cc1ccccc1)[C@@H](C(=O)NC[C@H]1CCCO1)c1ccccc1. The van der Waals surface area contributed by atoms with E-state index >= 15 is 0 Å². The molecule has 5 heteroatoms. The highest BCUT2D eigenvalue weighted by Gasteiger charge is 2.30. The van der Waals surface area contributed by atoms with Crippen molar-refractivity contribution >= 4 is 11.8 Å². The van der Waals surface area contributed by atoms with Crippen LogP contribution in [-0.2, 0) is 20.9 Å². The number of nitrogens with one attached hydrogen (secondary N) is 1. The van der Waals surface area contributed by atoms with E-state index in [1.807, 2.05) is 60.7 Å². The zero-order chi connectivity index (χ0) is 19.1. The predicted molar refractivity (Wildman–Crippen MR) is 104 cm³/mol. The second-order valence-electron chi connectivity index (χ2n) is 6.83. The number of amides is 2. The van der Waals surface area contributed by atoms with E-state index in [1.165, 1.54) is 6.92 Å². The number of hydrogen-bond acceptors (Lipinski definition) is 3. The van der Waals surface area contributed by atoms with Gasteiger partial charge < -0.3 is 15.0 Å². The van der Waals surface area contributed by atoms with Gasteiger partial charge in [-0.2, -0.15) is 0 Å². The molecule has 1 aliphatic heterocycles. The molecule has 2 aromatic carbocycles. The van der Waals surface area contributed by atoms with Crippen molar-refractivity contribution in [3.05, 3.63) is 71.8 Å². The molecule has 0 bridgehead atoms. The Morgan fingerprint density at radius 3 is 2.37 bits per heavy atom. The fourth-order valence-electron chi connectivity index (χ4n) is 3.39. The normalized spacial score (nSPS) is 17.3. The lowest BCUT2D eigenvalue weighted by molar-refractivity contribution is -0.140. The van der Waals surface area contributed by atoms with Gasteiger partial charge in [-0.1, -0.05) is 60.7 Å². The van der Waals surface area contributed by atoms with Crippen LogP contribution in [0.5, 0.6) is 0 Å². The van der Waals surface area contributed by atoms with Crippen LogP contribution < -0.4 is 5.32 Å². The average molecular weight is 366 g/mol. The highest BCUT2D eigenvalue weighted by molar-refractivity contribution is 5.88. The van der Waals surface area contributed by atoms with Crippen molar-refractivity contribution in [2.45, 2.75) is 38.5 Å². The Hall–Kier alpha value is -2.66. The summed E-state index contributed by atoms with van der Waals surface area (Å²) in [5.74, 6) is -0.317. The third-order valence-electron chi connectivity index (χ3n) is 4.80. The maximum atomic E-state index is 13.1.